The van der Waals surface area contributed by atoms with E-state index in [4.69, 9.17) is 4.74 Å². The van der Waals surface area contributed by atoms with Gasteiger partial charge in [-0.05, 0) is 39.1 Å². The van der Waals surface area contributed by atoms with Gasteiger partial charge in [-0.25, -0.2) is 14.4 Å². The van der Waals surface area contributed by atoms with E-state index in [1.807, 2.05) is 25.1 Å². The maximum Gasteiger partial charge on any atom is 0.273 e. The second-order valence-electron chi connectivity index (χ2n) is 8.76. The summed E-state index contributed by atoms with van der Waals surface area (Å²) in [5, 5.41) is 3.31. The molecule has 1 aliphatic rings. The van der Waals surface area contributed by atoms with Crippen molar-refractivity contribution in [2.24, 2.45) is 0 Å². The van der Waals surface area contributed by atoms with Crippen LogP contribution in [0.1, 0.15) is 42.2 Å². The minimum Gasteiger partial charge on any atom is -0.491 e. The Hall–Kier alpha value is -3.27. The number of amides is 1. The van der Waals surface area contributed by atoms with Gasteiger partial charge in [-0.15, -0.1) is 0 Å². The molecule has 9 nitrogen and oxygen atoms in total. The highest BCUT2D eigenvalue weighted by atomic mass is 19.1. The van der Waals surface area contributed by atoms with Gasteiger partial charge in [0, 0.05) is 32.9 Å². The molecular formula is C23H30FN7O2. The Morgan fingerprint density at radius 2 is 1.94 bits per heavy atom. The van der Waals surface area contributed by atoms with Gasteiger partial charge in [0.15, 0.2) is 5.82 Å². The van der Waals surface area contributed by atoms with Gasteiger partial charge in [0.1, 0.15) is 29.5 Å². The van der Waals surface area contributed by atoms with Crippen LogP contribution in [-0.4, -0.2) is 76.6 Å². The lowest BCUT2D eigenvalue weighted by Gasteiger charge is -2.18. The fraction of sp³-hybridized carbons (Fsp3) is 0.478. The first-order chi connectivity index (χ1) is 15.8. The minimum absolute atomic E-state index is 0.0374. The first-order valence-corrected chi connectivity index (χ1v) is 11.1. The second kappa shape index (κ2) is 9.70. The fourth-order valence-electron chi connectivity index (χ4n) is 4.04. The van der Waals surface area contributed by atoms with Crippen LogP contribution in [0, 0.1) is 5.82 Å². The Labute approximate surface area is 192 Å². The monoisotopic (exact) mass is 455 g/mol. The summed E-state index contributed by atoms with van der Waals surface area (Å²) < 4.78 is 22.7. The number of likely N-dealkylation sites (N-methyl/N-ethyl adjacent to an activating group) is 1. The number of ether oxygens (including phenoxy) is 1. The Kier molecular flexibility index (Phi) is 6.73. The molecule has 0 saturated heterocycles. The number of nitrogens with one attached hydrogen (secondary N) is 1. The molecule has 1 N–H and O–H groups in total. The van der Waals surface area contributed by atoms with Gasteiger partial charge >= 0.3 is 0 Å². The van der Waals surface area contributed by atoms with Crippen molar-refractivity contribution in [1.82, 2.24) is 29.3 Å². The van der Waals surface area contributed by atoms with E-state index in [2.05, 4.69) is 20.3 Å². The molecule has 0 atom stereocenters. The number of hydrogen-bond donors (Lipinski definition) is 1. The third-order valence-electron chi connectivity index (χ3n) is 5.76. The second-order valence-corrected chi connectivity index (χ2v) is 8.76. The molecule has 176 valence electrons. The molecule has 10 heteroatoms. The first-order valence-electron chi connectivity index (χ1n) is 11.1. The number of aromatic nitrogens is 4. The molecule has 1 amide bonds. The van der Waals surface area contributed by atoms with E-state index in [0.717, 1.165) is 32.2 Å². The van der Waals surface area contributed by atoms with Crippen LogP contribution in [0.5, 0.6) is 5.75 Å². The van der Waals surface area contributed by atoms with Gasteiger partial charge in [0.2, 0.25) is 5.95 Å². The number of fused-ring (bicyclic) bond motifs is 1. The zero-order valence-electron chi connectivity index (χ0n) is 19.5. The first kappa shape index (κ1) is 22.9. The average molecular weight is 456 g/mol. The zero-order chi connectivity index (χ0) is 23.5. The summed E-state index contributed by atoms with van der Waals surface area (Å²) >= 11 is 0. The van der Waals surface area contributed by atoms with Crippen molar-refractivity contribution < 1.29 is 13.9 Å². The predicted octanol–water partition coefficient (Wildman–Crippen LogP) is 3.47. The predicted molar refractivity (Wildman–Crippen MR) is 125 cm³/mol. The van der Waals surface area contributed by atoms with Crippen LogP contribution in [0.2, 0.25) is 0 Å². The maximum atomic E-state index is 15.3. The van der Waals surface area contributed by atoms with Gasteiger partial charge in [-0.3, -0.25) is 4.79 Å². The summed E-state index contributed by atoms with van der Waals surface area (Å²) in [6, 6.07) is 3.63. The number of rotatable bonds is 8. The highest BCUT2D eigenvalue weighted by molar-refractivity contribution is 5.98. The summed E-state index contributed by atoms with van der Waals surface area (Å²) in [6.07, 6.45) is 6.93. The van der Waals surface area contributed by atoms with Crippen molar-refractivity contribution in [2.45, 2.75) is 31.7 Å². The highest BCUT2D eigenvalue weighted by Crippen LogP contribution is 2.36. The van der Waals surface area contributed by atoms with Crippen LogP contribution < -0.4 is 10.1 Å². The van der Waals surface area contributed by atoms with Gasteiger partial charge in [-0.1, -0.05) is 12.8 Å². The van der Waals surface area contributed by atoms with E-state index in [9.17, 15) is 4.79 Å². The Morgan fingerprint density at radius 1 is 1.18 bits per heavy atom. The lowest BCUT2D eigenvalue weighted by atomic mass is 10.2. The molecule has 33 heavy (non-hydrogen) atoms. The van der Waals surface area contributed by atoms with Crippen molar-refractivity contribution in [3.05, 3.63) is 36.0 Å². The summed E-state index contributed by atoms with van der Waals surface area (Å²) in [6.45, 7) is 1.38. The van der Waals surface area contributed by atoms with Crippen LogP contribution >= 0.6 is 0 Å². The van der Waals surface area contributed by atoms with Crippen LogP contribution in [-0.2, 0) is 0 Å². The van der Waals surface area contributed by atoms with Crippen molar-refractivity contribution >= 4 is 28.7 Å². The molecule has 0 aromatic carbocycles. The standard InChI is InChI=1S/C23H30FN7O2/c1-29(2)11-12-33-16-9-10-18(25-13-16)27-23-26-14-17-19(24)20(22(32)30(3)4)31(21(17)28-23)15-7-5-6-8-15/h9-10,13-15H,5-8,11-12H2,1-4H3,(H,25,26,27,28). The molecule has 1 saturated carbocycles. The molecule has 1 fully saturated rings. The van der Waals surface area contributed by atoms with Crippen molar-refractivity contribution in [1.29, 1.82) is 0 Å². The number of anilines is 2. The van der Waals surface area contributed by atoms with E-state index in [0.29, 0.717) is 23.8 Å². The zero-order valence-corrected chi connectivity index (χ0v) is 19.5. The van der Waals surface area contributed by atoms with E-state index in [-0.39, 0.29) is 29.0 Å². The summed E-state index contributed by atoms with van der Waals surface area (Å²) in [4.78, 5) is 29.4. The van der Waals surface area contributed by atoms with Crippen molar-refractivity contribution in [3.63, 3.8) is 0 Å². The van der Waals surface area contributed by atoms with Crippen LogP contribution in [0.15, 0.2) is 24.5 Å². The number of carbonyl (C=O) groups excluding carboxylic acids is 1. The topological polar surface area (TPSA) is 88.4 Å². The molecule has 3 aromatic rings. The van der Waals surface area contributed by atoms with E-state index in [1.165, 1.54) is 11.1 Å². The smallest absolute Gasteiger partial charge is 0.273 e. The quantitative estimate of drug-likeness (QED) is 0.556. The molecule has 0 spiro atoms. The summed E-state index contributed by atoms with van der Waals surface area (Å²) in [5.74, 6) is 0.552. The average Bonchev–Trinajstić information content (AvgIpc) is 3.40. The lowest BCUT2D eigenvalue weighted by molar-refractivity contribution is 0.0810. The maximum absolute atomic E-state index is 15.3. The third-order valence-corrected chi connectivity index (χ3v) is 5.76. The Bertz CT molecular complexity index is 1120. The number of nitrogens with zero attached hydrogens (tertiary/aromatic N) is 6. The molecule has 3 aromatic heterocycles. The normalized spacial score (nSPS) is 14.2. The molecule has 1 aliphatic carbocycles. The molecule has 0 bridgehead atoms. The van der Waals surface area contributed by atoms with Gasteiger partial charge in [-0.2, -0.15) is 4.98 Å². The van der Waals surface area contributed by atoms with Crippen LogP contribution in [0.25, 0.3) is 11.0 Å². The third kappa shape index (κ3) is 4.90. The molecule has 0 radical (unpaired) electrons. The van der Waals surface area contributed by atoms with Gasteiger partial charge in [0.25, 0.3) is 5.91 Å². The molecule has 0 unspecified atom stereocenters. The number of hydrogen-bond acceptors (Lipinski definition) is 7. The largest absolute Gasteiger partial charge is 0.491 e. The van der Waals surface area contributed by atoms with Crippen LogP contribution in [0.3, 0.4) is 0 Å². The molecule has 0 aliphatic heterocycles. The molecular weight excluding hydrogens is 425 g/mol. The van der Waals surface area contributed by atoms with Crippen LogP contribution in [0.4, 0.5) is 16.2 Å². The summed E-state index contributed by atoms with van der Waals surface area (Å²) in [7, 11) is 7.22. The van der Waals surface area contributed by atoms with Gasteiger partial charge < -0.3 is 24.4 Å². The van der Waals surface area contributed by atoms with Crippen molar-refractivity contribution in [3.8, 4) is 5.75 Å². The van der Waals surface area contributed by atoms with Crippen molar-refractivity contribution in [2.75, 3.05) is 46.7 Å². The fourth-order valence-corrected chi connectivity index (χ4v) is 4.04. The van der Waals surface area contributed by atoms with Gasteiger partial charge in [0.05, 0.1) is 11.6 Å². The Morgan fingerprint density at radius 3 is 2.58 bits per heavy atom. The number of pyridine rings is 1. The lowest BCUT2D eigenvalue weighted by Crippen LogP contribution is -2.26. The molecule has 3 heterocycles. The molecule has 4 rings (SSSR count). The van der Waals surface area contributed by atoms with E-state index >= 15 is 4.39 Å². The highest BCUT2D eigenvalue weighted by Gasteiger charge is 2.31. The summed E-state index contributed by atoms with van der Waals surface area (Å²) in [5.41, 5.74) is 0.469. The Balaban J connectivity index is 1.62. The SMILES string of the molecule is CN(C)CCOc1ccc(Nc2ncc3c(F)c(C(=O)N(C)C)n(C4CCCC4)c3n2)nc1. The minimum atomic E-state index is -0.570. The number of halogens is 1. The van der Waals surface area contributed by atoms with E-state index < -0.39 is 5.82 Å². The van der Waals surface area contributed by atoms with E-state index in [1.54, 1.807) is 30.9 Å². The number of carbonyl (C=O) groups is 1.